The maximum Gasteiger partial charge on any atom is 0.0372 e. The van der Waals surface area contributed by atoms with Gasteiger partial charge in [0.1, 0.15) is 0 Å². The Morgan fingerprint density at radius 1 is 1.07 bits per heavy atom. The van der Waals surface area contributed by atoms with Crippen LogP contribution in [0.5, 0.6) is 0 Å². The molecule has 2 rings (SSSR count). The number of hydrogen-bond acceptors (Lipinski definition) is 2. The molecule has 2 N–H and O–H groups in total. The van der Waals surface area contributed by atoms with Gasteiger partial charge in [0.15, 0.2) is 0 Å². The molecule has 1 aromatic rings. The van der Waals surface area contributed by atoms with Gasteiger partial charge in [-0.25, -0.2) is 0 Å². The molecule has 0 spiro atoms. The van der Waals surface area contributed by atoms with E-state index >= 15 is 0 Å². The fraction of sp³-hybridized carbons (Fsp3) is 0.500. The van der Waals surface area contributed by atoms with Crippen LogP contribution in [0.1, 0.15) is 26.7 Å². The molecular weight excluding hydrogens is 172 g/mol. The molecule has 0 radical (unpaired) electrons. The second kappa shape index (κ2) is 3.52. The molecule has 2 atom stereocenters. The normalized spacial score (nSPS) is 26.9. The molecule has 14 heavy (non-hydrogen) atoms. The number of nitrogens with two attached hydrogens (primary N) is 1. The van der Waals surface area contributed by atoms with Gasteiger partial charge in [0, 0.05) is 23.5 Å². The minimum absolute atomic E-state index is 0.661. The van der Waals surface area contributed by atoms with Crippen LogP contribution in [0.25, 0.3) is 0 Å². The highest BCUT2D eigenvalue weighted by Gasteiger charge is 2.26. The third kappa shape index (κ3) is 1.57. The van der Waals surface area contributed by atoms with E-state index in [1.807, 2.05) is 12.1 Å². The molecule has 2 unspecified atom stereocenters. The van der Waals surface area contributed by atoms with E-state index in [0.29, 0.717) is 12.1 Å². The molecule has 1 aromatic carbocycles. The molecule has 0 aromatic heterocycles. The molecule has 1 saturated heterocycles. The van der Waals surface area contributed by atoms with Crippen LogP contribution >= 0.6 is 0 Å². The Labute approximate surface area is 85.7 Å². The van der Waals surface area contributed by atoms with Gasteiger partial charge in [-0.1, -0.05) is 0 Å². The lowest BCUT2D eigenvalue weighted by Gasteiger charge is -2.28. The van der Waals surface area contributed by atoms with Gasteiger partial charge in [-0.15, -0.1) is 0 Å². The van der Waals surface area contributed by atoms with E-state index < -0.39 is 0 Å². The Kier molecular flexibility index (Phi) is 2.36. The second-order valence-corrected chi connectivity index (χ2v) is 4.27. The first-order valence-corrected chi connectivity index (χ1v) is 5.32. The summed E-state index contributed by atoms with van der Waals surface area (Å²) in [5.74, 6) is 0. The number of nitrogen functional groups attached to an aromatic ring is 1. The Hall–Kier alpha value is -1.18. The topological polar surface area (TPSA) is 29.3 Å². The maximum atomic E-state index is 5.68. The summed E-state index contributed by atoms with van der Waals surface area (Å²) in [6.07, 6.45) is 2.59. The highest BCUT2D eigenvalue weighted by Crippen LogP contribution is 2.30. The summed E-state index contributed by atoms with van der Waals surface area (Å²) in [5, 5.41) is 0. The largest absolute Gasteiger partial charge is 0.399 e. The van der Waals surface area contributed by atoms with Crippen molar-refractivity contribution in [1.82, 2.24) is 0 Å². The van der Waals surface area contributed by atoms with Crippen molar-refractivity contribution in [3.05, 3.63) is 24.3 Å². The van der Waals surface area contributed by atoms with Crippen molar-refractivity contribution in [1.29, 1.82) is 0 Å². The first kappa shape index (κ1) is 9.38. The van der Waals surface area contributed by atoms with Gasteiger partial charge in [-0.3, -0.25) is 0 Å². The van der Waals surface area contributed by atoms with Crippen LogP contribution in [0, 0.1) is 0 Å². The first-order valence-electron chi connectivity index (χ1n) is 5.32. The van der Waals surface area contributed by atoms with Crippen molar-refractivity contribution in [2.45, 2.75) is 38.8 Å². The molecular formula is C12H18N2. The van der Waals surface area contributed by atoms with E-state index in [2.05, 4.69) is 30.9 Å². The Morgan fingerprint density at radius 3 is 2.07 bits per heavy atom. The van der Waals surface area contributed by atoms with Crippen LogP contribution in [0.4, 0.5) is 11.4 Å². The SMILES string of the molecule is CC1CCC(C)N1c1ccc(N)cc1. The monoisotopic (exact) mass is 190 g/mol. The van der Waals surface area contributed by atoms with E-state index in [1.54, 1.807) is 0 Å². The maximum absolute atomic E-state index is 5.68. The number of benzene rings is 1. The fourth-order valence-electron chi connectivity index (χ4n) is 2.35. The molecule has 1 heterocycles. The van der Waals surface area contributed by atoms with Gasteiger partial charge in [0.05, 0.1) is 0 Å². The number of hydrogen-bond donors (Lipinski definition) is 1. The Morgan fingerprint density at radius 2 is 1.57 bits per heavy atom. The van der Waals surface area contributed by atoms with Gasteiger partial charge in [-0.05, 0) is 51.0 Å². The third-order valence-corrected chi connectivity index (χ3v) is 3.14. The smallest absolute Gasteiger partial charge is 0.0372 e. The van der Waals surface area contributed by atoms with Gasteiger partial charge < -0.3 is 10.6 Å². The van der Waals surface area contributed by atoms with E-state index in [0.717, 1.165) is 5.69 Å². The summed E-state index contributed by atoms with van der Waals surface area (Å²) in [5.41, 5.74) is 7.82. The first-order chi connectivity index (χ1) is 6.68. The highest BCUT2D eigenvalue weighted by molar-refractivity contribution is 5.54. The molecule has 1 fully saturated rings. The van der Waals surface area contributed by atoms with Crippen LogP contribution < -0.4 is 10.6 Å². The molecule has 0 saturated carbocycles. The quantitative estimate of drug-likeness (QED) is 0.690. The van der Waals surface area contributed by atoms with E-state index in [-0.39, 0.29) is 0 Å². The molecule has 76 valence electrons. The average molecular weight is 190 g/mol. The number of rotatable bonds is 1. The van der Waals surface area contributed by atoms with Crippen molar-refractivity contribution in [3.8, 4) is 0 Å². The number of nitrogens with zero attached hydrogens (tertiary/aromatic N) is 1. The van der Waals surface area contributed by atoms with Crippen LogP contribution in [-0.4, -0.2) is 12.1 Å². The van der Waals surface area contributed by atoms with Crippen molar-refractivity contribution in [3.63, 3.8) is 0 Å². The molecule has 2 heteroatoms. The zero-order chi connectivity index (χ0) is 10.1. The Bertz CT molecular complexity index is 295. The minimum Gasteiger partial charge on any atom is -0.399 e. The van der Waals surface area contributed by atoms with Crippen LogP contribution in [0.2, 0.25) is 0 Å². The van der Waals surface area contributed by atoms with Crippen molar-refractivity contribution >= 4 is 11.4 Å². The summed E-state index contributed by atoms with van der Waals surface area (Å²) >= 11 is 0. The molecule has 0 amide bonds. The average Bonchev–Trinajstić information content (AvgIpc) is 2.49. The van der Waals surface area contributed by atoms with Gasteiger partial charge >= 0.3 is 0 Å². The summed E-state index contributed by atoms with van der Waals surface area (Å²) in [6.45, 7) is 4.58. The van der Waals surface area contributed by atoms with Crippen LogP contribution in [-0.2, 0) is 0 Å². The second-order valence-electron chi connectivity index (χ2n) is 4.27. The standard InChI is InChI=1S/C12H18N2/c1-9-3-4-10(2)14(9)12-7-5-11(13)6-8-12/h5-10H,3-4,13H2,1-2H3. The molecule has 0 bridgehead atoms. The summed E-state index contributed by atoms with van der Waals surface area (Å²) in [4.78, 5) is 2.49. The van der Waals surface area contributed by atoms with Crippen molar-refractivity contribution < 1.29 is 0 Å². The zero-order valence-electron chi connectivity index (χ0n) is 8.90. The zero-order valence-corrected chi connectivity index (χ0v) is 8.90. The number of anilines is 2. The van der Waals surface area contributed by atoms with Crippen molar-refractivity contribution in [2.24, 2.45) is 0 Å². The third-order valence-electron chi connectivity index (χ3n) is 3.14. The molecule has 1 aliphatic heterocycles. The lowest BCUT2D eigenvalue weighted by atomic mass is 10.2. The van der Waals surface area contributed by atoms with Crippen molar-refractivity contribution in [2.75, 3.05) is 10.6 Å². The van der Waals surface area contributed by atoms with Gasteiger partial charge in [0.25, 0.3) is 0 Å². The van der Waals surface area contributed by atoms with Gasteiger partial charge in [-0.2, -0.15) is 0 Å². The predicted molar refractivity (Wildman–Crippen MR) is 61.5 cm³/mol. The predicted octanol–water partition coefficient (Wildman–Crippen LogP) is 2.65. The van der Waals surface area contributed by atoms with Crippen LogP contribution in [0.3, 0.4) is 0 Å². The molecule has 2 nitrogen and oxygen atoms in total. The molecule has 0 aliphatic carbocycles. The summed E-state index contributed by atoms with van der Waals surface area (Å²) < 4.78 is 0. The van der Waals surface area contributed by atoms with Gasteiger partial charge in [0.2, 0.25) is 0 Å². The van der Waals surface area contributed by atoms with E-state index in [1.165, 1.54) is 18.5 Å². The summed E-state index contributed by atoms with van der Waals surface area (Å²) in [7, 11) is 0. The fourth-order valence-corrected chi connectivity index (χ4v) is 2.35. The van der Waals surface area contributed by atoms with E-state index in [9.17, 15) is 0 Å². The lowest BCUT2D eigenvalue weighted by Crippen LogP contribution is -2.32. The summed E-state index contributed by atoms with van der Waals surface area (Å²) in [6, 6.07) is 9.52. The van der Waals surface area contributed by atoms with E-state index in [4.69, 9.17) is 5.73 Å². The Balaban J connectivity index is 2.25. The van der Waals surface area contributed by atoms with Crippen LogP contribution in [0.15, 0.2) is 24.3 Å². The minimum atomic E-state index is 0.661. The highest BCUT2D eigenvalue weighted by atomic mass is 15.2. The molecule has 1 aliphatic rings. The lowest BCUT2D eigenvalue weighted by molar-refractivity contribution is 0.694.